The number of hydrogen-bond donors (Lipinski definition) is 1. The first-order chi connectivity index (χ1) is 16.1. The van der Waals surface area contributed by atoms with Crippen molar-refractivity contribution in [2.75, 3.05) is 49.9 Å². The molecule has 1 amide bonds. The summed E-state index contributed by atoms with van der Waals surface area (Å²) in [6.45, 7) is 10.1. The number of rotatable bonds is 9. The number of hydrogen-bond acceptors (Lipinski definition) is 6. The molecule has 0 unspecified atom stereocenters. The Hall–Kier alpha value is -2.84. The Morgan fingerprint density at radius 1 is 1.00 bits per heavy atom. The molecule has 0 radical (unpaired) electrons. The number of nitrogens with zero attached hydrogens (tertiary/aromatic N) is 5. The summed E-state index contributed by atoms with van der Waals surface area (Å²) in [5.74, 6) is 0.363. The molecule has 0 spiro atoms. The molecule has 4 rings (SSSR count). The Morgan fingerprint density at radius 2 is 1.79 bits per heavy atom. The van der Waals surface area contributed by atoms with Gasteiger partial charge in [0.2, 0.25) is 5.91 Å². The lowest BCUT2D eigenvalue weighted by Gasteiger charge is -2.36. The van der Waals surface area contributed by atoms with Crippen molar-refractivity contribution in [3.63, 3.8) is 0 Å². The Morgan fingerprint density at radius 3 is 2.55 bits per heavy atom. The molecule has 0 aliphatic carbocycles. The average molecular weight is 465 g/mol. The van der Waals surface area contributed by atoms with E-state index < -0.39 is 0 Å². The molecule has 1 N–H and O–H groups in total. The van der Waals surface area contributed by atoms with E-state index in [0.29, 0.717) is 12.3 Å². The summed E-state index contributed by atoms with van der Waals surface area (Å²) in [6, 6.07) is 16.9. The van der Waals surface area contributed by atoms with Crippen LogP contribution in [0, 0.1) is 13.8 Å². The van der Waals surface area contributed by atoms with E-state index in [-0.39, 0.29) is 5.91 Å². The fourth-order valence-electron chi connectivity index (χ4n) is 3.97. The quantitative estimate of drug-likeness (QED) is 0.387. The molecule has 0 atom stereocenters. The number of piperazine rings is 1. The van der Waals surface area contributed by atoms with E-state index in [4.69, 9.17) is 0 Å². The topological polar surface area (TPSA) is 66.3 Å². The third-order valence-corrected chi connectivity index (χ3v) is 6.82. The molecule has 0 saturated carbocycles. The van der Waals surface area contributed by atoms with Crippen LogP contribution in [0.2, 0.25) is 0 Å². The van der Waals surface area contributed by atoms with Gasteiger partial charge in [-0.1, -0.05) is 41.6 Å². The van der Waals surface area contributed by atoms with Crippen molar-refractivity contribution in [2.24, 2.45) is 0 Å². The minimum absolute atomic E-state index is 0.0303. The van der Waals surface area contributed by atoms with E-state index in [1.165, 1.54) is 28.6 Å². The van der Waals surface area contributed by atoms with E-state index in [2.05, 4.69) is 75.6 Å². The lowest BCUT2D eigenvalue weighted by atomic mass is 10.2. The zero-order chi connectivity index (χ0) is 23.0. The number of carbonyl (C=O) groups excluding carboxylic acids is 1. The lowest BCUT2D eigenvalue weighted by Crippen LogP contribution is -2.47. The van der Waals surface area contributed by atoms with Crippen LogP contribution in [0.4, 0.5) is 5.69 Å². The van der Waals surface area contributed by atoms with E-state index in [1.54, 1.807) is 6.33 Å². The number of thioether (sulfide) groups is 1. The molecule has 2 heterocycles. The van der Waals surface area contributed by atoms with Crippen molar-refractivity contribution in [1.29, 1.82) is 0 Å². The maximum absolute atomic E-state index is 12.3. The molecule has 1 saturated heterocycles. The highest BCUT2D eigenvalue weighted by Crippen LogP contribution is 2.20. The second-order valence-electron chi connectivity index (χ2n) is 8.48. The van der Waals surface area contributed by atoms with Gasteiger partial charge in [-0.15, -0.1) is 10.2 Å². The van der Waals surface area contributed by atoms with Crippen molar-refractivity contribution < 1.29 is 4.79 Å². The smallest absolute Gasteiger partial charge is 0.230 e. The number of carbonyl (C=O) groups is 1. The van der Waals surface area contributed by atoms with Gasteiger partial charge in [-0.25, -0.2) is 0 Å². The fraction of sp³-hybridized carbons (Fsp3) is 0.400. The molecule has 2 aromatic carbocycles. The molecule has 3 aromatic rings. The Balaban J connectivity index is 1.13. The SMILES string of the molecule is Cc1ccc(-n2cnnc2SCC(=O)NCCCN2CCN(c3cccc(C)c3)CC2)cc1. The van der Waals surface area contributed by atoms with Crippen LogP contribution < -0.4 is 10.2 Å². The fourth-order valence-corrected chi connectivity index (χ4v) is 4.73. The number of aryl methyl sites for hydroxylation is 2. The number of aromatic nitrogens is 3. The van der Waals surface area contributed by atoms with Gasteiger partial charge >= 0.3 is 0 Å². The van der Waals surface area contributed by atoms with Crippen molar-refractivity contribution in [3.8, 4) is 5.69 Å². The van der Waals surface area contributed by atoms with Gasteiger partial charge in [-0.05, 0) is 56.6 Å². The third kappa shape index (κ3) is 6.58. The summed E-state index contributed by atoms with van der Waals surface area (Å²) < 4.78 is 1.91. The number of nitrogens with one attached hydrogen (secondary N) is 1. The highest BCUT2D eigenvalue weighted by Gasteiger charge is 2.17. The van der Waals surface area contributed by atoms with Crippen molar-refractivity contribution in [3.05, 3.63) is 66.0 Å². The highest BCUT2D eigenvalue weighted by atomic mass is 32.2. The molecule has 0 bridgehead atoms. The van der Waals surface area contributed by atoms with Crippen LogP contribution in [0.15, 0.2) is 60.0 Å². The van der Waals surface area contributed by atoms with Crippen LogP contribution in [0.5, 0.6) is 0 Å². The molecular weight excluding hydrogens is 432 g/mol. The first-order valence-corrected chi connectivity index (χ1v) is 12.5. The summed E-state index contributed by atoms with van der Waals surface area (Å²) >= 11 is 1.41. The normalized spacial score (nSPS) is 14.4. The Labute approximate surface area is 200 Å². The monoisotopic (exact) mass is 464 g/mol. The summed E-state index contributed by atoms with van der Waals surface area (Å²) in [7, 11) is 0. The molecule has 1 aliphatic rings. The Kier molecular flexibility index (Phi) is 8.01. The van der Waals surface area contributed by atoms with Gasteiger partial charge in [0.05, 0.1) is 5.75 Å². The van der Waals surface area contributed by atoms with E-state index in [1.807, 2.05) is 16.7 Å². The van der Waals surface area contributed by atoms with E-state index >= 15 is 0 Å². The number of benzene rings is 2. The van der Waals surface area contributed by atoms with Crippen molar-refractivity contribution in [1.82, 2.24) is 25.0 Å². The van der Waals surface area contributed by atoms with Crippen LogP contribution in [-0.4, -0.2) is 70.6 Å². The van der Waals surface area contributed by atoms with Crippen LogP contribution in [-0.2, 0) is 4.79 Å². The maximum atomic E-state index is 12.3. The van der Waals surface area contributed by atoms with Gasteiger partial charge in [0.1, 0.15) is 6.33 Å². The predicted octanol–water partition coefficient (Wildman–Crippen LogP) is 3.30. The highest BCUT2D eigenvalue weighted by molar-refractivity contribution is 7.99. The Bertz CT molecular complexity index is 1040. The van der Waals surface area contributed by atoms with Gasteiger partial charge in [0.15, 0.2) is 5.16 Å². The third-order valence-electron chi connectivity index (χ3n) is 5.87. The molecule has 33 heavy (non-hydrogen) atoms. The van der Waals surface area contributed by atoms with E-state index in [9.17, 15) is 4.79 Å². The minimum atomic E-state index is 0.0303. The molecule has 1 fully saturated rings. The molecule has 1 aliphatic heterocycles. The summed E-state index contributed by atoms with van der Waals surface area (Å²) in [5, 5.41) is 11.9. The van der Waals surface area contributed by atoms with E-state index in [0.717, 1.165) is 50.0 Å². The maximum Gasteiger partial charge on any atom is 0.230 e. The van der Waals surface area contributed by atoms with Crippen LogP contribution in [0.3, 0.4) is 0 Å². The van der Waals surface area contributed by atoms with Gasteiger partial charge in [0, 0.05) is 44.1 Å². The van der Waals surface area contributed by atoms with Gasteiger partial charge < -0.3 is 10.2 Å². The first kappa shape index (κ1) is 23.3. The van der Waals surface area contributed by atoms with Crippen molar-refractivity contribution in [2.45, 2.75) is 25.4 Å². The zero-order valence-corrected chi connectivity index (χ0v) is 20.2. The lowest BCUT2D eigenvalue weighted by molar-refractivity contribution is -0.118. The average Bonchev–Trinajstić information content (AvgIpc) is 3.30. The van der Waals surface area contributed by atoms with Crippen LogP contribution in [0.1, 0.15) is 17.5 Å². The summed E-state index contributed by atoms with van der Waals surface area (Å²) in [4.78, 5) is 17.2. The summed E-state index contributed by atoms with van der Waals surface area (Å²) in [6.07, 6.45) is 2.64. The molecule has 1 aromatic heterocycles. The van der Waals surface area contributed by atoms with Gasteiger partial charge in [-0.3, -0.25) is 14.3 Å². The molecular formula is C25H32N6OS. The zero-order valence-electron chi connectivity index (χ0n) is 19.4. The first-order valence-electron chi connectivity index (χ1n) is 11.5. The summed E-state index contributed by atoms with van der Waals surface area (Å²) in [5.41, 5.74) is 4.82. The minimum Gasteiger partial charge on any atom is -0.369 e. The standard InChI is InChI=1S/C25H32N6OS/c1-20-7-9-22(10-8-20)31-19-27-28-25(31)33-18-24(32)26-11-4-12-29-13-15-30(16-14-29)23-6-3-5-21(2)17-23/h3,5-10,17,19H,4,11-16,18H2,1-2H3,(H,26,32). The van der Waals surface area contributed by atoms with Gasteiger partial charge in [-0.2, -0.15) is 0 Å². The second kappa shape index (κ2) is 11.3. The van der Waals surface area contributed by atoms with Gasteiger partial charge in [0.25, 0.3) is 0 Å². The van der Waals surface area contributed by atoms with Crippen molar-refractivity contribution >= 4 is 23.4 Å². The molecule has 8 heteroatoms. The molecule has 7 nitrogen and oxygen atoms in total. The second-order valence-corrected chi connectivity index (χ2v) is 9.42. The van der Waals surface area contributed by atoms with Crippen LogP contribution >= 0.6 is 11.8 Å². The largest absolute Gasteiger partial charge is 0.369 e. The number of amides is 1. The van der Waals surface area contributed by atoms with Crippen LogP contribution in [0.25, 0.3) is 5.69 Å². The predicted molar refractivity (Wildman–Crippen MR) is 134 cm³/mol. The number of anilines is 1. The molecule has 174 valence electrons.